The predicted molar refractivity (Wildman–Crippen MR) is 48.6 cm³/mol. The van der Waals surface area contributed by atoms with Crippen LogP contribution in [0.15, 0.2) is 0 Å². The summed E-state index contributed by atoms with van der Waals surface area (Å²) in [6.45, 7) is 0.0590. The summed E-state index contributed by atoms with van der Waals surface area (Å²) < 4.78 is 1.81. The van der Waals surface area contributed by atoms with Crippen molar-refractivity contribution in [3.8, 4) is 0 Å². The molecule has 0 atom stereocenters. The summed E-state index contributed by atoms with van der Waals surface area (Å²) in [5.74, 6) is -0.0428. The molecule has 1 aromatic heterocycles. The van der Waals surface area contributed by atoms with Crippen molar-refractivity contribution < 1.29 is 4.79 Å². The van der Waals surface area contributed by atoms with Crippen molar-refractivity contribution in [1.82, 2.24) is 9.78 Å². The second-order valence-electron chi connectivity index (χ2n) is 3.38. The van der Waals surface area contributed by atoms with Crippen LogP contribution in [0.5, 0.6) is 0 Å². The van der Waals surface area contributed by atoms with Crippen molar-refractivity contribution in [1.29, 1.82) is 0 Å². The molecule has 1 aliphatic rings. The van der Waals surface area contributed by atoms with Gasteiger partial charge in [-0.2, -0.15) is 5.10 Å². The van der Waals surface area contributed by atoms with E-state index in [1.165, 1.54) is 5.69 Å². The highest BCUT2D eigenvalue weighted by atomic mass is 16.1. The monoisotopic (exact) mass is 179 g/mol. The Balaban J connectivity index is 2.48. The molecular formula is C9H13N3O. The second kappa shape index (κ2) is 2.96. The standard InChI is InChI=1S/C9H13N3O/c1-12-7-4-2-3-6(7)9(11-12)8(13)5-10/h2-5,10H2,1H3. The average Bonchev–Trinajstić information content (AvgIpc) is 2.68. The van der Waals surface area contributed by atoms with Crippen LogP contribution in [-0.4, -0.2) is 22.1 Å². The molecule has 0 saturated carbocycles. The fourth-order valence-electron chi connectivity index (χ4n) is 1.93. The van der Waals surface area contributed by atoms with Crippen LogP contribution < -0.4 is 5.73 Å². The van der Waals surface area contributed by atoms with Gasteiger partial charge in [0.25, 0.3) is 0 Å². The minimum atomic E-state index is -0.0428. The highest BCUT2D eigenvalue weighted by molar-refractivity contribution is 5.97. The van der Waals surface area contributed by atoms with E-state index in [2.05, 4.69) is 5.10 Å². The van der Waals surface area contributed by atoms with E-state index in [9.17, 15) is 4.79 Å². The van der Waals surface area contributed by atoms with Gasteiger partial charge in [-0.3, -0.25) is 9.48 Å². The fraction of sp³-hybridized carbons (Fsp3) is 0.556. The summed E-state index contributed by atoms with van der Waals surface area (Å²) in [5, 5.41) is 4.19. The number of hydrogen-bond acceptors (Lipinski definition) is 3. The van der Waals surface area contributed by atoms with Gasteiger partial charge in [-0.1, -0.05) is 0 Å². The van der Waals surface area contributed by atoms with Crippen LogP contribution in [0.25, 0.3) is 0 Å². The Morgan fingerprint density at radius 1 is 1.62 bits per heavy atom. The van der Waals surface area contributed by atoms with Crippen molar-refractivity contribution in [2.24, 2.45) is 12.8 Å². The molecule has 4 heteroatoms. The van der Waals surface area contributed by atoms with E-state index in [1.807, 2.05) is 11.7 Å². The number of fused-ring (bicyclic) bond motifs is 1. The van der Waals surface area contributed by atoms with Gasteiger partial charge in [-0.15, -0.1) is 0 Å². The number of ketones is 1. The van der Waals surface area contributed by atoms with E-state index in [-0.39, 0.29) is 12.3 Å². The topological polar surface area (TPSA) is 60.9 Å². The van der Waals surface area contributed by atoms with Gasteiger partial charge in [0, 0.05) is 18.3 Å². The molecule has 0 aromatic carbocycles. The van der Waals surface area contributed by atoms with Crippen LogP contribution >= 0.6 is 0 Å². The van der Waals surface area contributed by atoms with E-state index in [4.69, 9.17) is 5.73 Å². The number of Topliss-reactive ketones (excluding diaryl/α,β-unsaturated/α-hetero) is 1. The van der Waals surface area contributed by atoms with E-state index in [1.54, 1.807) is 0 Å². The quantitative estimate of drug-likeness (QED) is 0.652. The molecule has 13 heavy (non-hydrogen) atoms. The molecule has 1 heterocycles. The Morgan fingerprint density at radius 3 is 3.08 bits per heavy atom. The van der Waals surface area contributed by atoms with E-state index >= 15 is 0 Å². The number of rotatable bonds is 2. The summed E-state index contributed by atoms with van der Waals surface area (Å²) in [4.78, 5) is 11.4. The lowest BCUT2D eigenvalue weighted by atomic mass is 10.1. The second-order valence-corrected chi connectivity index (χ2v) is 3.38. The van der Waals surface area contributed by atoms with Crippen molar-refractivity contribution in [3.05, 3.63) is 17.0 Å². The van der Waals surface area contributed by atoms with E-state index in [0.717, 1.165) is 24.8 Å². The zero-order chi connectivity index (χ0) is 9.42. The molecule has 1 aliphatic carbocycles. The van der Waals surface area contributed by atoms with Gasteiger partial charge < -0.3 is 5.73 Å². The molecule has 2 N–H and O–H groups in total. The van der Waals surface area contributed by atoms with Gasteiger partial charge in [0.2, 0.25) is 0 Å². The van der Waals surface area contributed by atoms with Crippen LogP contribution in [0.1, 0.15) is 28.2 Å². The molecule has 0 saturated heterocycles. The fourth-order valence-corrected chi connectivity index (χ4v) is 1.93. The number of carbonyl (C=O) groups excluding carboxylic acids is 1. The largest absolute Gasteiger partial charge is 0.324 e. The van der Waals surface area contributed by atoms with Crippen molar-refractivity contribution in [2.75, 3.05) is 6.54 Å². The molecule has 70 valence electrons. The minimum absolute atomic E-state index is 0.0428. The molecule has 0 aliphatic heterocycles. The molecular weight excluding hydrogens is 166 g/mol. The lowest BCUT2D eigenvalue weighted by Gasteiger charge is -1.94. The zero-order valence-corrected chi connectivity index (χ0v) is 7.71. The summed E-state index contributed by atoms with van der Waals surface area (Å²) in [5.41, 5.74) is 8.23. The van der Waals surface area contributed by atoms with Crippen LogP contribution in [-0.2, 0) is 19.9 Å². The molecule has 0 fully saturated rings. The molecule has 0 amide bonds. The van der Waals surface area contributed by atoms with Crippen molar-refractivity contribution >= 4 is 5.78 Å². The Labute approximate surface area is 76.7 Å². The van der Waals surface area contributed by atoms with Crippen LogP contribution in [0.2, 0.25) is 0 Å². The molecule has 4 nitrogen and oxygen atoms in total. The van der Waals surface area contributed by atoms with Gasteiger partial charge in [0.05, 0.1) is 6.54 Å². The minimum Gasteiger partial charge on any atom is -0.324 e. The highest BCUT2D eigenvalue weighted by Gasteiger charge is 2.23. The van der Waals surface area contributed by atoms with Crippen LogP contribution in [0.4, 0.5) is 0 Å². The lowest BCUT2D eigenvalue weighted by Crippen LogP contribution is -2.15. The third-order valence-electron chi connectivity index (χ3n) is 2.56. The SMILES string of the molecule is Cn1nc(C(=O)CN)c2c1CCC2. The maximum atomic E-state index is 11.4. The Morgan fingerprint density at radius 2 is 2.38 bits per heavy atom. The van der Waals surface area contributed by atoms with Gasteiger partial charge in [-0.05, 0) is 19.3 Å². The van der Waals surface area contributed by atoms with Gasteiger partial charge in [0.1, 0.15) is 5.69 Å². The molecule has 0 bridgehead atoms. The first kappa shape index (κ1) is 8.44. The average molecular weight is 179 g/mol. The van der Waals surface area contributed by atoms with Crippen molar-refractivity contribution in [2.45, 2.75) is 19.3 Å². The Kier molecular flexibility index (Phi) is 1.92. The number of aromatic nitrogens is 2. The maximum Gasteiger partial charge on any atom is 0.196 e. The Bertz CT molecular complexity index is 354. The normalized spacial score (nSPS) is 14.6. The third kappa shape index (κ3) is 1.18. The highest BCUT2D eigenvalue weighted by Crippen LogP contribution is 2.24. The Hall–Kier alpha value is -1.16. The molecule has 1 aromatic rings. The van der Waals surface area contributed by atoms with Gasteiger partial charge >= 0.3 is 0 Å². The first-order chi connectivity index (χ1) is 6.24. The van der Waals surface area contributed by atoms with Crippen LogP contribution in [0, 0.1) is 0 Å². The molecule has 2 rings (SSSR count). The number of aryl methyl sites for hydroxylation is 1. The third-order valence-corrected chi connectivity index (χ3v) is 2.56. The van der Waals surface area contributed by atoms with E-state index in [0.29, 0.717) is 5.69 Å². The molecule has 0 unspecified atom stereocenters. The number of nitrogens with two attached hydrogens (primary N) is 1. The first-order valence-electron chi connectivity index (χ1n) is 4.52. The van der Waals surface area contributed by atoms with Gasteiger partial charge in [-0.25, -0.2) is 0 Å². The number of carbonyl (C=O) groups is 1. The molecule has 0 radical (unpaired) electrons. The number of nitrogens with zero attached hydrogens (tertiary/aromatic N) is 2. The summed E-state index contributed by atoms with van der Waals surface area (Å²) in [6, 6.07) is 0. The number of hydrogen-bond donors (Lipinski definition) is 1. The van der Waals surface area contributed by atoms with Crippen LogP contribution in [0.3, 0.4) is 0 Å². The van der Waals surface area contributed by atoms with Crippen molar-refractivity contribution in [3.63, 3.8) is 0 Å². The van der Waals surface area contributed by atoms with E-state index < -0.39 is 0 Å². The predicted octanol–water partition coefficient (Wildman–Crippen LogP) is 0.0502. The summed E-state index contributed by atoms with van der Waals surface area (Å²) >= 11 is 0. The first-order valence-corrected chi connectivity index (χ1v) is 4.52. The lowest BCUT2D eigenvalue weighted by molar-refractivity contribution is 0.0995. The summed E-state index contributed by atoms with van der Waals surface area (Å²) in [7, 11) is 1.89. The zero-order valence-electron chi connectivity index (χ0n) is 7.71. The molecule has 0 spiro atoms. The summed E-state index contributed by atoms with van der Waals surface area (Å²) in [6.07, 6.45) is 3.15. The smallest absolute Gasteiger partial charge is 0.196 e. The van der Waals surface area contributed by atoms with Gasteiger partial charge in [0.15, 0.2) is 5.78 Å². The maximum absolute atomic E-state index is 11.4.